The van der Waals surface area contributed by atoms with Gasteiger partial charge in [0.1, 0.15) is 60.8 Å². The third-order valence-corrected chi connectivity index (χ3v) is 23.9. The molecular formula is C85H143Cl2N29O23P4. The van der Waals surface area contributed by atoms with Crippen molar-refractivity contribution < 1.29 is 109 Å². The summed E-state index contributed by atoms with van der Waals surface area (Å²) < 4.78 is 115. The number of rotatable bonds is 50. The zero-order valence-corrected chi connectivity index (χ0v) is 89.7. The Kier molecular flexibility index (Phi) is 55.3. The first-order valence-electron chi connectivity index (χ1n) is 45.2. The summed E-state index contributed by atoms with van der Waals surface area (Å²) in [5, 5.41) is 8.37. The Morgan fingerprint density at radius 2 is 0.664 bits per heavy atom. The Morgan fingerprint density at radius 3 is 0.958 bits per heavy atom. The molecule has 8 aromatic heterocycles. The third kappa shape index (κ3) is 44.6. The van der Waals surface area contributed by atoms with Crippen LogP contribution in [0.3, 0.4) is 0 Å². The number of para-hydroxylation sites is 2. The molecule has 2 aromatic carbocycles. The lowest BCUT2D eigenvalue weighted by Crippen LogP contribution is -2.43. The SMILES string of the molecule is CC(C)OC(=O)[C@H](C)N.CC(C)OC(=O)[C@H](C)NP(=O)(COCCn1cnc2c(N(C)C)nc(N)nc21)Oc1ccccc1.CCCCOC(=O)[C@H](C)N.CCCCOC(=O)[C@H](C)NP(=O)(COCCn1cnc2c(N(C)C)nc(N)nc21)N[C@@H](C)C(=O)OCCCC.CN(C)c1nc(N)nc2c1ncn2CCOCP(=O)(O)O.CN(C)c1nc(N)nc2c1ncn2CCOCP(=O)(O)Oc1ccccc1.Cl.Cl. The standard InChI is InChI=1S/C24H43N8O6P.C22H32N7O5P.C16H21N6O4P.C10H17N6O4P.C7H15NO2.C6H13NO2.2ClH/c1-7-9-12-37-22(33)17(3)29-39(35,30-18(4)23(34)38-13-10-8-2)16-36-14-11-32-15-26-19-20(31(5)6)27-24(25)28-21(19)32;1-15(2)33-21(30)16(3)27-35(31,34-17-9-7-6-8-10-17)14-32-12-11-29-13-24-18-19(28(4)5)25-22(23)26-20(18)29;1-21(2)14-13-15(20-16(17)19-14)22(10-18-13)8-9-25-11-27(23,24)26-12-6-4-3-5-7-12;1-15(2)8-7-9(14-10(11)13-8)16(5-12-7)3-4-20-6-21(17,18)19;1-3-4-5-10-7(9)6(2)8;1-4(2)9-6(8)5(3)7;;/h15,17-18H,7-14,16H2,1-6H3,(H2,25,27,28)(H2,29,30,35);6-10,13,15-16H,11-12,14H2,1-5H3,(H,27,31)(H2,23,25,26);3-7,10H,8-9,11H2,1-2H3,(H,23,24)(H2,17,19,20);5H,3-4,6H2,1-2H3,(H2,11,13,14)(H2,17,18,19);6H,3-5,8H2,1-2H3;4-5H,7H2,1-3H3;2*1H/t17-,18-;16-,35?;;;6-;5-;;/m00..00../s1. The molecule has 0 spiro atoms. The largest absolute Gasteiger partial charge is 0.465 e. The fraction of sp³-hybridized carbons (Fsp3) is 0.565. The predicted octanol–water partition coefficient (Wildman–Crippen LogP) is 8.08. The van der Waals surface area contributed by atoms with Crippen LogP contribution in [0.5, 0.6) is 11.5 Å². The number of halogens is 2. The van der Waals surface area contributed by atoms with Crippen LogP contribution in [0.1, 0.15) is 122 Å². The number of unbranched alkanes of at least 4 members (excludes halogenated alkanes) is 3. The summed E-state index contributed by atoms with van der Waals surface area (Å²) in [5.41, 5.74) is 38.3. The van der Waals surface area contributed by atoms with Crippen LogP contribution in [0, 0.1) is 0 Å². The fourth-order valence-corrected chi connectivity index (χ4v) is 16.7. The highest BCUT2D eigenvalue weighted by atomic mass is 35.5. The van der Waals surface area contributed by atoms with Gasteiger partial charge in [-0.25, -0.2) is 39.8 Å². The molecule has 0 bridgehead atoms. The quantitative estimate of drug-likeness (QED) is 0.00741. The molecule has 10 rings (SSSR count). The molecule has 10 aromatic rings. The zero-order chi connectivity index (χ0) is 105. The number of benzene rings is 2. The van der Waals surface area contributed by atoms with Gasteiger partial charge in [0, 0.05) is 82.6 Å². The minimum Gasteiger partial charge on any atom is -0.465 e. The van der Waals surface area contributed by atoms with Crippen molar-refractivity contribution in [1.82, 2.24) is 93.3 Å². The van der Waals surface area contributed by atoms with E-state index in [4.69, 9.17) is 95.9 Å². The lowest BCUT2D eigenvalue weighted by molar-refractivity contribution is -0.149. The number of imidazole rings is 4. The summed E-state index contributed by atoms with van der Waals surface area (Å²) in [4.78, 5) is 144. The molecule has 800 valence electrons. The van der Waals surface area contributed by atoms with Gasteiger partial charge in [-0.3, -0.25) is 37.7 Å². The highest BCUT2D eigenvalue weighted by Crippen LogP contribution is 2.45. The van der Waals surface area contributed by atoms with Crippen molar-refractivity contribution in [2.24, 2.45) is 11.5 Å². The predicted molar refractivity (Wildman–Crippen MR) is 550 cm³/mol. The number of hydrogen-bond donors (Lipinski definition) is 12. The first-order chi connectivity index (χ1) is 66.4. The molecule has 2 unspecified atom stereocenters. The van der Waals surface area contributed by atoms with Gasteiger partial charge in [0.15, 0.2) is 74.3 Å². The van der Waals surface area contributed by atoms with Crippen molar-refractivity contribution in [2.45, 2.75) is 190 Å². The summed E-state index contributed by atoms with van der Waals surface area (Å²) in [6.07, 6.45) is 9.60. The molecule has 0 radical (unpaired) electrons. The first-order valence-corrected chi connectivity index (χ1v) is 52.4. The van der Waals surface area contributed by atoms with Crippen molar-refractivity contribution in [3.8, 4) is 11.5 Å². The van der Waals surface area contributed by atoms with E-state index in [9.17, 15) is 47.1 Å². The van der Waals surface area contributed by atoms with Crippen molar-refractivity contribution >= 4 is 177 Å². The van der Waals surface area contributed by atoms with Crippen molar-refractivity contribution in [2.75, 3.05) is 171 Å². The number of nitrogens with one attached hydrogen (secondary N) is 3. The molecule has 18 N–H and O–H groups in total. The molecule has 0 aliphatic heterocycles. The molecule has 0 saturated carbocycles. The van der Waals surface area contributed by atoms with Crippen LogP contribution >= 0.6 is 55.0 Å². The summed E-state index contributed by atoms with van der Waals surface area (Å²) in [6, 6.07) is 13.5. The molecule has 58 heteroatoms. The van der Waals surface area contributed by atoms with Crippen LogP contribution in [0.15, 0.2) is 86.0 Å². The number of ether oxygens (including phenoxy) is 9. The van der Waals surface area contributed by atoms with Crippen molar-refractivity contribution in [3.63, 3.8) is 0 Å². The van der Waals surface area contributed by atoms with Gasteiger partial charge in [0.25, 0.3) is 0 Å². The maximum absolute atomic E-state index is 13.8. The number of nitrogen functional groups attached to an aromatic ring is 4. The van der Waals surface area contributed by atoms with Crippen LogP contribution in [0.2, 0.25) is 0 Å². The molecule has 52 nitrogen and oxygen atoms in total. The van der Waals surface area contributed by atoms with E-state index < -0.39 is 91.0 Å². The second-order valence-electron chi connectivity index (χ2n) is 33.0. The summed E-state index contributed by atoms with van der Waals surface area (Å²) in [6.45, 7) is 24.1. The van der Waals surface area contributed by atoms with Crippen LogP contribution in [0.25, 0.3) is 44.7 Å². The number of carbonyl (C=O) groups is 5. The highest BCUT2D eigenvalue weighted by molar-refractivity contribution is 7.59. The Balaban J connectivity index is 0.000000466. The second kappa shape index (κ2) is 62.6. The molecule has 0 aliphatic rings. The third-order valence-electron chi connectivity index (χ3n) is 18.4. The number of anilines is 8. The maximum Gasteiger partial charge on any atom is 0.402 e. The monoisotopic (exact) mass is 2130 g/mol. The van der Waals surface area contributed by atoms with Gasteiger partial charge < -0.3 is 139 Å². The zero-order valence-electron chi connectivity index (χ0n) is 84.5. The number of aromatic nitrogens is 16. The Bertz CT molecular complexity index is 5720. The van der Waals surface area contributed by atoms with Crippen molar-refractivity contribution in [1.29, 1.82) is 0 Å². The maximum atomic E-state index is 13.8. The normalized spacial score (nSPS) is 13.1. The summed E-state index contributed by atoms with van der Waals surface area (Å²) in [5.74, 6) is 1.39. The van der Waals surface area contributed by atoms with Gasteiger partial charge in [-0.2, -0.15) is 39.9 Å². The van der Waals surface area contributed by atoms with E-state index in [1.54, 1.807) is 175 Å². The van der Waals surface area contributed by atoms with Crippen LogP contribution in [-0.4, -0.2) is 293 Å². The number of fused-ring (bicyclic) bond motifs is 4. The van der Waals surface area contributed by atoms with Crippen LogP contribution in [-0.2, 0) is 111 Å². The van der Waals surface area contributed by atoms with E-state index in [0.717, 1.165) is 38.5 Å². The smallest absolute Gasteiger partial charge is 0.402 e. The van der Waals surface area contributed by atoms with Gasteiger partial charge in [0.2, 0.25) is 31.2 Å². The van der Waals surface area contributed by atoms with E-state index in [1.807, 2.05) is 88.1 Å². The van der Waals surface area contributed by atoms with E-state index in [0.29, 0.717) is 112 Å². The van der Waals surface area contributed by atoms with Crippen molar-refractivity contribution in [3.05, 3.63) is 86.0 Å². The Morgan fingerprint density at radius 1 is 0.378 bits per heavy atom. The average molecular weight is 2130 g/mol. The number of carbonyl (C=O) groups excluding carboxylic acids is 5. The second-order valence-corrected chi connectivity index (χ2v) is 40.6. The van der Waals surface area contributed by atoms with E-state index in [2.05, 4.69) is 75.1 Å². The van der Waals surface area contributed by atoms with E-state index >= 15 is 0 Å². The van der Waals surface area contributed by atoms with E-state index in [1.165, 1.54) is 0 Å². The molecule has 0 fully saturated rings. The molecule has 8 heterocycles. The average Bonchev–Trinajstić information content (AvgIpc) is 1.66. The van der Waals surface area contributed by atoms with Crippen LogP contribution < -0.4 is 78.3 Å². The first kappa shape index (κ1) is 126. The van der Waals surface area contributed by atoms with Gasteiger partial charge in [-0.1, -0.05) is 76.4 Å². The number of nitrogens with zero attached hydrogens (tertiary/aromatic N) is 20. The number of esters is 5. The molecule has 7 atom stereocenters. The highest BCUT2D eigenvalue weighted by Gasteiger charge is 2.35. The molecule has 0 aliphatic carbocycles. The molecule has 0 saturated heterocycles. The minimum absolute atomic E-state index is 0. The van der Waals surface area contributed by atoms with Gasteiger partial charge in [0.05, 0.1) is 83.8 Å². The van der Waals surface area contributed by atoms with Gasteiger partial charge in [-0.15, -0.1) is 24.8 Å². The Hall–Kier alpha value is -11.0. The minimum atomic E-state index is -4.15. The van der Waals surface area contributed by atoms with Crippen LogP contribution in [0.4, 0.5) is 47.1 Å². The van der Waals surface area contributed by atoms with Gasteiger partial charge >= 0.3 is 52.6 Å². The summed E-state index contributed by atoms with van der Waals surface area (Å²) in [7, 11) is -0.584. The molecular weight excluding hydrogens is 1990 g/mol. The molecule has 0 amide bonds. The Labute approximate surface area is 843 Å². The number of nitrogens with two attached hydrogens (primary N) is 6. The lowest BCUT2D eigenvalue weighted by atomic mass is 10.3. The summed E-state index contributed by atoms with van der Waals surface area (Å²) >= 11 is 0. The van der Waals surface area contributed by atoms with Gasteiger partial charge in [-0.05, 0) is 106 Å². The molecule has 143 heavy (non-hydrogen) atoms. The topological polar surface area (TPSA) is 695 Å². The fourth-order valence-electron chi connectivity index (χ4n) is 11.7. The van der Waals surface area contributed by atoms with E-state index in [-0.39, 0.29) is 125 Å². The number of hydrogen-bond acceptors (Lipinski definition) is 42. The lowest BCUT2D eigenvalue weighted by Gasteiger charge is -2.26.